The fourth-order valence-electron chi connectivity index (χ4n) is 2.54. The van der Waals surface area contributed by atoms with Gasteiger partial charge in [0.15, 0.2) is 5.82 Å². The van der Waals surface area contributed by atoms with Crippen molar-refractivity contribution in [2.45, 2.75) is 52.2 Å². The standard InChI is InChI=1S/C14H23N3O/c1-4-15-12-7-6-8-13-11(12)9-16-14(17-13)10(3)18-5-2/h9-10,12,15H,4-8H2,1-3H3. The Bertz CT molecular complexity index is 395. The average Bonchev–Trinajstić information content (AvgIpc) is 2.39. The van der Waals surface area contributed by atoms with Gasteiger partial charge in [-0.2, -0.15) is 0 Å². The molecule has 1 N–H and O–H groups in total. The number of fused-ring (bicyclic) bond motifs is 1. The van der Waals surface area contributed by atoms with Gasteiger partial charge in [0.25, 0.3) is 0 Å². The van der Waals surface area contributed by atoms with Gasteiger partial charge in [0.1, 0.15) is 6.10 Å². The number of nitrogens with one attached hydrogen (secondary N) is 1. The van der Waals surface area contributed by atoms with Crippen molar-refractivity contribution in [1.82, 2.24) is 15.3 Å². The monoisotopic (exact) mass is 249 g/mol. The molecule has 0 spiro atoms. The fourth-order valence-corrected chi connectivity index (χ4v) is 2.54. The summed E-state index contributed by atoms with van der Waals surface area (Å²) in [5, 5.41) is 3.50. The molecule has 0 aromatic carbocycles. The Hall–Kier alpha value is -1.00. The summed E-state index contributed by atoms with van der Waals surface area (Å²) in [5.41, 5.74) is 2.47. The Morgan fingerprint density at radius 2 is 2.33 bits per heavy atom. The minimum Gasteiger partial charge on any atom is -0.371 e. The summed E-state index contributed by atoms with van der Waals surface area (Å²) >= 11 is 0. The first kappa shape index (κ1) is 13.4. The van der Waals surface area contributed by atoms with Crippen LogP contribution in [-0.4, -0.2) is 23.1 Å². The normalized spacial score (nSPS) is 20.5. The van der Waals surface area contributed by atoms with Crippen LogP contribution in [0.4, 0.5) is 0 Å². The summed E-state index contributed by atoms with van der Waals surface area (Å²) in [4.78, 5) is 9.16. The van der Waals surface area contributed by atoms with Crippen molar-refractivity contribution in [1.29, 1.82) is 0 Å². The molecule has 0 saturated carbocycles. The van der Waals surface area contributed by atoms with E-state index in [-0.39, 0.29) is 6.10 Å². The molecule has 1 aliphatic rings. The molecule has 2 atom stereocenters. The first-order valence-electron chi connectivity index (χ1n) is 6.97. The van der Waals surface area contributed by atoms with E-state index in [9.17, 15) is 0 Å². The van der Waals surface area contributed by atoms with E-state index in [1.807, 2.05) is 20.0 Å². The van der Waals surface area contributed by atoms with Gasteiger partial charge in [0, 0.05) is 30.1 Å². The second kappa shape index (κ2) is 6.25. The predicted octanol–water partition coefficient (Wildman–Crippen LogP) is 2.56. The van der Waals surface area contributed by atoms with Crippen molar-refractivity contribution in [2.75, 3.05) is 13.2 Å². The molecule has 18 heavy (non-hydrogen) atoms. The summed E-state index contributed by atoms with van der Waals surface area (Å²) in [6.07, 6.45) is 5.42. The zero-order chi connectivity index (χ0) is 13.0. The van der Waals surface area contributed by atoms with Crippen molar-refractivity contribution in [3.8, 4) is 0 Å². The Labute approximate surface area is 109 Å². The first-order chi connectivity index (χ1) is 8.76. The summed E-state index contributed by atoms with van der Waals surface area (Å²) in [6, 6.07) is 0.426. The molecule has 1 aromatic rings. The van der Waals surface area contributed by atoms with E-state index in [0.717, 1.165) is 18.8 Å². The van der Waals surface area contributed by atoms with Gasteiger partial charge < -0.3 is 10.1 Å². The van der Waals surface area contributed by atoms with Crippen LogP contribution >= 0.6 is 0 Å². The SMILES string of the molecule is CCNC1CCCc2nc(C(C)OCC)ncc21. The Morgan fingerprint density at radius 3 is 3.06 bits per heavy atom. The van der Waals surface area contributed by atoms with Crippen LogP contribution in [0, 0.1) is 0 Å². The second-order valence-electron chi connectivity index (χ2n) is 4.73. The van der Waals surface area contributed by atoms with Crippen molar-refractivity contribution in [2.24, 2.45) is 0 Å². The lowest BCUT2D eigenvalue weighted by Gasteiger charge is -2.25. The lowest BCUT2D eigenvalue weighted by atomic mass is 9.92. The van der Waals surface area contributed by atoms with E-state index in [1.54, 1.807) is 0 Å². The molecule has 0 radical (unpaired) electrons. The highest BCUT2D eigenvalue weighted by Gasteiger charge is 2.22. The number of hydrogen-bond acceptors (Lipinski definition) is 4. The highest BCUT2D eigenvalue weighted by molar-refractivity contribution is 5.24. The molecule has 2 rings (SSSR count). The summed E-state index contributed by atoms with van der Waals surface area (Å²) in [6.45, 7) is 7.83. The van der Waals surface area contributed by atoms with Crippen LogP contribution in [-0.2, 0) is 11.2 Å². The van der Waals surface area contributed by atoms with Crippen molar-refractivity contribution < 1.29 is 4.74 Å². The van der Waals surface area contributed by atoms with Gasteiger partial charge in [0.05, 0.1) is 0 Å². The molecule has 4 nitrogen and oxygen atoms in total. The van der Waals surface area contributed by atoms with Gasteiger partial charge in [0.2, 0.25) is 0 Å². The molecule has 0 fully saturated rings. The van der Waals surface area contributed by atoms with E-state index in [4.69, 9.17) is 4.74 Å². The van der Waals surface area contributed by atoms with Gasteiger partial charge in [-0.15, -0.1) is 0 Å². The molecule has 4 heteroatoms. The number of rotatable bonds is 5. The van der Waals surface area contributed by atoms with Crippen LogP contribution < -0.4 is 5.32 Å². The van der Waals surface area contributed by atoms with E-state index in [2.05, 4.69) is 22.2 Å². The Morgan fingerprint density at radius 1 is 1.50 bits per heavy atom. The zero-order valence-corrected chi connectivity index (χ0v) is 11.6. The third-order valence-corrected chi connectivity index (χ3v) is 3.43. The summed E-state index contributed by atoms with van der Waals surface area (Å²) in [7, 11) is 0. The van der Waals surface area contributed by atoms with E-state index < -0.39 is 0 Å². The van der Waals surface area contributed by atoms with Crippen molar-refractivity contribution in [3.63, 3.8) is 0 Å². The van der Waals surface area contributed by atoms with Crippen LogP contribution in [0.2, 0.25) is 0 Å². The molecule has 0 amide bonds. The highest BCUT2D eigenvalue weighted by atomic mass is 16.5. The third kappa shape index (κ3) is 2.87. The zero-order valence-electron chi connectivity index (χ0n) is 11.6. The summed E-state index contributed by atoms with van der Waals surface area (Å²) in [5.74, 6) is 0.813. The molecule has 0 aliphatic heterocycles. The lowest BCUT2D eigenvalue weighted by molar-refractivity contribution is 0.0697. The van der Waals surface area contributed by atoms with Crippen molar-refractivity contribution >= 4 is 0 Å². The van der Waals surface area contributed by atoms with Crippen LogP contribution in [0.15, 0.2) is 6.20 Å². The maximum Gasteiger partial charge on any atom is 0.157 e. The number of aromatic nitrogens is 2. The van der Waals surface area contributed by atoms with Gasteiger partial charge in [-0.05, 0) is 39.7 Å². The van der Waals surface area contributed by atoms with E-state index in [0.29, 0.717) is 12.6 Å². The average molecular weight is 249 g/mol. The minimum absolute atomic E-state index is 0.0141. The predicted molar refractivity (Wildman–Crippen MR) is 71.4 cm³/mol. The third-order valence-electron chi connectivity index (χ3n) is 3.43. The Balaban J connectivity index is 2.21. The molecule has 2 unspecified atom stereocenters. The molecule has 1 aromatic heterocycles. The van der Waals surface area contributed by atoms with Crippen LogP contribution in [0.25, 0.3) is 0 Å². The molecular formula is C14H23N3O. The number of aryl methyl sites for hydroxylation is 1. The van der Waals surface area contributed by atoms with Crippen molar-refractivity contribution in [3.05, 3.63) is 23.3 Å². The minimum atomic E-state index is -0.0141. The van der Waals surface area contributed by atoms with Crippen LogP contribution in [0.3, 0.4) is 0 Å². The Kier molecular flexibility index (Phi) is 4.66. The van der Waals surface area contributed by atoms with E-state index in [1.165, 1.54) is 24.1 Å². The van der Waals surface area contributed by atoms with Gasteiger partial charge in [-0.25, -0.2) is 9.97 Å². The molecule has 0 bridgehead atoms. The maximum absolute atomic E-state index is 5.55. The highest BCUT2D eigenvalue weighted by Crippen LogP contribution is 2.28. The molecule has 100 valence electrons. The molecule has 1 aliphatic carbocycles. The topological polar surface area (TPSA) is 47.0 Å². The fraction of sp³-hybridized carbons (Fsp3) is 0.714. The van der Waals surface area contributed by atoms with Gasteiger partial charge in [-0.1, -0.05) is 6.92 Å². The largest absolute Gasteiger partial charge is 0.371 e. The molecule has 0 saturated heterocycles. The number of ether oxygens (including phenoxy) is 1. The van der Waals surface area contributed by atoms with E-state index >= 15 is 0 Å². The van der Waals surface area contributed by atoms with Crippen LogP contribution in [0.1, 0.15) is 62.8 Å². The number of hydrogen-bond donors (Lipinski definition) is 1. The smallest absolute Gasteiger partial charge is 0.157 e. The summed E-state index contributed by atoms with van der Waals surface area (Å²) < 4.78 is 5.55. The molecular weight excluding hydrogens is 226 g/mol. The molecule has 1 heterocycles. The lowest BCUT2D eigenvalue weighted by Crippen LogP contribution is -2.26. The first-order valence-corrected chi connectivity index (χ1v) is 6.97. The van der Waals surface area contributed by atoms with Crippen LogP contribution in [0.5, 0.6) is 0 Å². The number of nitrogens with zero attached hydrogens (tertiary/aromatic N) is 2. The maximum atomic E-state index is 5.55. The quantitative estimate of drug-likeness (QED) is 0.871. The second-order valence-corrected chi connectivity index (χ2v) is 4.73. The van der Waals surface area contributed by atoms with Gasteiger partial charge in [-0.3, -0.25) is 0 Å². The van der Waals surface area contributed by atoms with Gasteiger partial charge >= 0.3 is 0 Å².